The SMILES string of the molecule is CCc1ccc(C2=CCc3c(ccc(-c4ccc(OC(F)(F)F)c(F)c4)c3F)C2)c(F)c1. The number of rotatable bonds is 4. The Balaban J connectivity index is 1.63. The predicted octanol–water partition coefficient (Wildman–Crippen LogP) is 7.41. The van der Waals surface area contributed by atoms with E-state index in [9.17, 15) is 22.0 Å². The van der Waals surface area contributed by atoms with Crippen LogP contribution in [-0.2, 0) is 19.3 Å². The molecule has 1 nitrogen and oxygen atoms in total. The number of hydrogen-bond donors (Lipinski definition) is 0. The van der Waals surface area contributed by atoms with Crippen molar-refractivity contribution in [3.05, 3.63) is 94.3 Å². The number of allylic oxidation sites excluding steroid dienone is 2. The lowest BCUT2D eigenvalue weighted by Crippen LogP contribution is -2.17. The van der Waals surface area contributed by atoms with Crippen LogP contribution in [0.3, 0.4) is 0 Å². The summed E-state index contributed by atoms with van der Waals surface area (Å²) in [5, 5.41) is 0. The number of benzene rings is 3. The van der Waals surface area contributed by atoms with E-state index in [1.165, 1.54) is 18.2 Å². The van der Waals surface area contributed by atoms with E-state index in [2.05, 4.69) is 4.74 Å². The summed E-state index contributed by atoms with van der Waals surface area (Å²) in [6.07, 6.45) is -1.99. The zero-order valence-corrected chi connectivity index (χ0v) is 17.0. The molecule has 4 rings (SSSR count). The Labute approximate surface area is 181 Å². The van der Waals surface area contributed by atoms with Gasteiger partial charge in [0.2, 0.25) is 0 Å². The molecular formula is C25H18F6O. The van der Waals surface area contributed by atoms with Crippen molar-refractivity contribution in [3.63, 3.8) is 0 Å². The first kappa shape index (κ1) is 22.0. The normalized spacial score (nSPS) is 13.5. The van der Waals surface area contributed by atoms with E-state index in [-0.39, 0.29) is 23.4 Å². The molecule has 1 aliphatic carbocycles. The Morgan fingerprint density at radius 2 is 1.62 bits per heavy atom. The summed E-state index contributed by atoms with van der Waals surface area (Å²) in [4.78, 5) is 0. The van der Waals surface area contributed by atoms with Crippen molar-refractivity contribution < 1.29 is 31.1 Å². The van der Waals surface area contributed by atoms with Crippen molar-refractivity contribution in [2.75, 3.05) is 0 Å². The average molecular weight is 448 g/mol. The van der Waals surface area contributed by atoms with Gasteiger partial charge in [-0.05, 0) is 65.3 Å². The van der Waals surface area contributed by atoms with E-state index in [0.717, 1.165) is 29.7 Å². The lowest BCUT2D eigenvalue weighted by atomic mass is 9.85. The summed E-state index contributed by atoms with van der Waals surface area (Å²) >= 11 is 0. The molecule has 0 N–H and O–H groups in total. The van der Waals surface area contributed by atoms with Gasteiger partial charge in [-0.15, -0.1) is 13.2 Å². The van der Waals surface area contributed by atoms with Crippen LogP contribution in [0.2, 0.25) is 0 Å². The molecule has 1 aliphatic rings. The topological polar surface area (TPSA) is 9.23 Å². The molecule has 7 heteroatoms. The van der Waals surface area contributed by atoms with Crippen molar-refractivity contribution >= 4 is 5.57 Å². The quantitative estimate of drug-likeness (QED) is 0.378. The monoisotopic (exact) mass is 448 g/mol. The Morgan fingerprint density at radius 1 is 0.875 bits per heavy atom. The van der Waals surface area contributed by atoms with Gasteiger partial charge in [-0.2, -0.15) is 0 Å². The molecule has 0 spiro atoms. The minimum Gasteiger partial charge on any atom is -0.403 e. The van der Waals surface area contributed by atoms with Crippen molar-refractivity contribution in [2.45, 2.75) is 32.5 Å². The number of halogens is 6. The molecule has 0 aromatic heterocycles. The molecule has 3 aromatic carbocycles. The van der Waals surface area contributed by atoms with Gasteiger partial charge in [0.25, 0.3) is 0 Å². The third-order valence-corrected chi connectivity index (χ3v) is 5.53. The van der Waals surface area contributed by atoms with Crippen LogP contribution in [0.5, 0.6) is 5.75 Å². The minimum atomic E-state index is -5.03. The standard InChI is InChI=1S/C25H18F6O/c1-2-14-3-7-18(21(26)11-14)15-4-8-19-16(12-15)5-9-20(24(19)28)17-6-10-23(22(27)13-17)32-25(29,30)31/h3-7,9-11,13H,2,8,12H2,1H3. The highest BCUT2D eigenvalue weighted by Crippen LogP contribution is 2.36. The predicted molar refractivity (Wildman–Crippen MR) is 110 cm³/mol. The van der Waals surface area contributed by atoms with Crippen LogP contribution in [0.4, 0.5) is 26.3 Å². The third kappa shape index (κ3) is 4.38. The number of ether oxygens (including phenoxy) is 1. The van der Waals surface area contributed by atoms with Crippen molar-refractivity contribution in [3.8, 4) is 16.9 Å². The van der Waals surface area contributed by atoms with Gasteiger partial charge in [0.15, 0.2) is 11.6 Å². The molecule has 0 saturated heterocycles. The zero-order valence-electron chi connectivity index (χ0n) is 17.0. The van der Waals surface area contributed by atoms with Gasteiger partial charge in [-0.3, -0.25) is 0 Å². The first-order valence-corrected chi connectivity index (χ1v) is 10.00. The molecule has 3 aromatic rings. The van der Waals surface area contributed by atoms with Gasteiger partial charge in [0, 0.05) is 11.1 Å². The zero-order chi connectivity index (χ0) is 23.0. The molecule has 0 saturated carbocycles. The lowest BCUT2D eigenvalue weighted by molar-refractivity contribution is -0.275. The van der Waals surface area contributed by atoms with Crippen LogP contribution >= 0.6 is 0 Å². The Morgan fingerprint density at radius 3 is 2.28 bits per heavy atom. The number of fused-ring (bicyclic) bond motifs is 1. The van der Waals surface area contributed by atoms with Gasteiger partial charge >= 0.3 is 6.36 Å². The second-order valence-corrected chi connectivity index (χ2v) is 7.54. The van der Waals surface area contributed by atoms with E-state index < -0.39 is 23.7 Å². The lowest BCUT2D eigenvalue weighted by Gasteiger charge is -2.20. The van der Waals surface area contributed by atoms with Crippen LogP contribution < -0.4 is 4.74 Å². The van der Waals surface area contributed by atoms with Crippen LogP contribution in [0.25, 0.3) is 16.7 Å². The van der Waals surface area contributed by atoms with Crippen molar-refractivity contribution in [2.24, 2.45) is 0 Å². The Kier molecular flexibility index (Phi) is 5.75. The fourth-order valence-electron chi connectivity index (χ4n) is 3.89. The summed E-state index contributed by atoms with van der Waals surface area (Å²) in [7, 11) is 0. The summed E-state index contributed by atoms with van der Waals surface area (Å²) in [6, 6.07) is 11.0. The highest BCUT2D eigenvalue weighted by molar-refractivity contribution is 5.74. The fourth-order valence-corrected chi connectivity index (χ4v) is 3.89. The Bertz CT molecular complexity index is 1210. The maximum atomic E-state index is 15.2. The maximum Gasteiger partial charge on any atom is 0.573 e. The molecule has 0 bridgehead atoms. The second kappa shape index (κ2) is 8.37. The molecule has 166 valence electrons. The highest BCUT2D eigenvalue weighted by Gasteiger charge is 2.32. The maximum absolute atomic E-state index is 15.2. The molecule has 0 radical (unpaired) electrons. The van der Waals surface area contributed by atoms with Crippen LogP contribution in [0, 0.1) is 17.5 Å². The summed E-state index contributed by atoms with van der Waals surface area (Å²) < 4.78 is 84.4. The molecular weight excluding hydrogens is 430 g/mol. The van der Waals surface area contributed by atoms with E-state index in [4.69, 9.17) is 0 Å². The molecule has 0 heterocycles. The first-order chi connectivity index (χ1) is 15.2. The molecule has 0 fully saturated rings. The fraction of sp³-hybridized carbons (Fsp3) is 0.200. The molecule has 0 unspecified atom stereocenters. The highest BCUT2D eigenvalue weighted by atomic mass is 19.4. The summed E-state index contributed by atoms with van der Waals surface area (Å²) in [5.41, 5.74) is 3.35. The van der Waals surface area contributed by atoms with E-state index in [1.54, 1.807) is 18.2 Å². The van der Waals surface area contributed by atoms with E-state index in [1.807, 2.05) is 13.0 Å². The van der Waals surface area contributed by atoms with Gasteiger partial charge in [0.1, 0.15) is 11.6 Å². The number of alkyl halides is 3. The summed E-state index contributed by atoms with van der Waals surface area (Å²) in [5.74, 6) is -3.13. The van der Waals surface area contributed by atoms with E-state index in [0.29, 0.717) is 23.1 Å². The van der Waals surface area contributed by atoms with Crippen molar-refractivity contribution in [1.29, 1.82) is 0 Å². The minimum absolute atomic E-state index is 0.0662. The number of aryl methyl sites for hydroxylation is 1. The van der Waals surface area contributed by atoms with Gasteiger partial charge in [-0.1, -0.05) is 43.3 Å². The molecule has 0 amide bonds. The van der Waals surface area contributed by atoms with Crippen LogP contribution in [0.15, 0.2) is 54.6 Å². The second-order valence-electron chi connectivity index (χ2n) is 7.54. The number of hydrogen-bond acceptors (Lipinski definition) is 1. The third-order valence-electron chi connectivity index (χ3n) is 5.53. The van der Waals surface area contributed by atoms with Gasteiger partial charge < -0.3 is 4.74 Å². The van der Waals surface area contributed by atoms with Crippen LogP contribution in [-0.4, -0.2) is 6.36 Å². The molecule has 0 aliphatic heterocycles. The van der Waals surface area contributed by atoms with Gasteiger partial charge in [-0.25, -0.2) is 13.2 Å². The van der Waals surface area contributed by atoms with E-state index >= 15 is 4.39 Å². The van der Waals surface area contributed by atoms with Gasteiger partial charge in [0.05, 0.1) is 0 Å². The first-order valence-electron chi connectivity index (χ1n) is 10.00. The molecule has 32 heavy (non-hydrogen) atoms. The smallest absolute Gasteiger partial charge is 0.403 e. The Hall–Kier alpha value is -3.22. The molecule has 0 atom stereocenters. The largest absolute Gasteiger partial charge is 0.573 e. The van der Waals surface area contributed by atoms with Crippen LogP contribution in [0.1, 0.15) is 29.2 Å². The average Bonchev–Trinajstić information content (AvgIpc) is 2.74. The summed E-state index contributed by atoms with van der Waals surface area (Å²) in [6.45, 7) is 1.94. The van der Waals surface area contributed by atoms with Crippen molar-refractivity contribution in [1.82, 2.24) is 0 Å².